The van der Waals surface area contributed by atoms with Gasteiger partial charge in [0.1, 0.15) is 0 Å². The van der Waals surface area contributed by atoms with E-state index >= 15 is 0 Å². The molecule has 1 aromatic heterocycles. The molecule has 0 bridgehead atoms. The molecule has 4 nitrogen and oxygen atoms in total. The van der Waals surface area contributed by atoms with Crippen LogP contribution in [0.15, 0.2) is 17.5 Å². The Bertz CT molecular complexity index is 430. The summed E-state index contributed by atoms with van der Waals surface area (Å²) in [4.78, 5) is 1.10. The lowest BCUT2D eigenvalue weighted by Crippen LogP contribution is -2.32. The van der Waals surface area contributed by atoms with Crippen molar-refractivity contribution in [1.29, 1.82) is 0 Å². The number of hydrogen-bond acceptors (Lipinski definition) is 4. The SMILES string of the molecule is CCNCCCCS(=O)(=O)N(CC)Cc1cccs1. The molecule has 0 saturated carbocycles. The molecule has 0 aliphatic rings. The molecule has 1 rings (SSSR count). The Balaban J connectivity index is 2.44. The van der Waals surface area contributed by atoms with Crippen LogP contribution in [-0.2, 0) is 16.6 Å². The lowest BCUT2D eigenvalue weighted by molar-refractivity contribution is 0.425. The molecule has 0 aliphatic heterocycles. The number of thiophene rings is 1. The highest BCUT2D eigenvalue weighted by molar-refractivity contribution is 7.89. The van der Waals surface area contributed by atoms with Crippen molar-refractivity contribution in [3.05, 3.63) is 22.4 Å². The van der Waals surface area contributed by atoms with Crippen molar-refractivity contribution < 1.29 is 8.42 Å². The normalized spacial score (nSPS) is 12.2. The monoisotopic (exact) mass is 304 g/mol. The molecule has 1 aromatic rings. The smallest absolute Gasteiger partial charge is 0.214 e. The van der Waals surface area contributed by atoms with E-state index in [9.17, 15) is 8.42 Å². The lowest BCUT2D eigenvalue weighted by atomic mass is 10.3. The molecular weight excluding hydrogens is 280 g/mol. The van der Waals surface area contributed by atoms with Gasteiger partial charge < -0.3 is 5.32 Å². The lowest BCUT2D eigenvalue weighted by Gasteiger charge is -2.19. The first kappa shape index (κ1) is 16.6. The molecule has 1 N–H and O–H groups in total. The maximum Gasteiger partial charge on any atom is 0.214 e. The fourth-order valence-electron chi connectivity index (χ4n) is 1.82. The van der Waals surface area contributed by atoms with E-state index in [1.165, 1.54) is 0 Å². The number of nitrogens with zero attached hydrogens (tertiary/aromatic N) is 1. The van der Waals surface area contributed by atoms with Crippen LogP contribution in [0.4, 0.5) is 0 Å². The van der Waals surface area contributed by atoms with E-state index in [0.717, 1.165) is 30.8 Å². The van der Waals surface area contributed by atoms with Gasteiger partial charge in [0.05, 0.1) is 5.75 Å². The van der Waals surface area contributed by atoms with Gasteiger partial charge in [-0.25, -0.2) is 8.42 Å². The van der Waals surface area contributed by atoms with E-state index in [1.807, 2.05) is 24.4 Å². The standard InChI is InChI=1S/C13H24N2O2S2/c1-3-14-9-5-6-11-19(16,17)15(4-2)12-13-8-7-10-18-13/h7-8,10,14H,3-6,9,11-12H2,1-2H3. The largest absolute Gasteiger partial charge is 0.317 e. The van der Waals surface area contributed by atoms with Crippen LogP contribution in [0.3, 0.4) is 0 Å². The van der Waals surface area contributed by atoms with Crippen LogP contribution in [0.1, 0.15) is 31.6 Å². The quantitative estimate of drug-likeness (QED) is 0.675. The number of unbranched alkanes of at least 4 members (excludes halogenated alkanes) is 1. The summed E-state index contributed by atoms with van der Waals surface area (Å²) in [7, 11) is -3.12. The summed E-state index contributed by atoms with van der Waals surface area (Å²) in [6.45, 7) is 6.81. The second kappa shape index (κ2) is 8.68. The van der Waals surface area contributed by atoms with Gasteiger partial charge in [-0.2, -0.15) is 4.31 Å². The highest BCUT2D eigenvalue weighted by atomic mass is 32.2. The van der Waals surface area contributed by atoms with Crippen molar-refractivity contribution in [2.24, 2.45) is 0 Å². The van der Waals surface area contributed by atoms with Crippen LogP contribution in [0.2, 0.25) is 0 Å². The van der Waals surface area contributed by atoms with Crippen molar-refractivity contribution in [2.45, 2.75) is 33.2 Å². The van der Waals surface area contributed by atoms with Gasteiger partial charge in [0.2, 0.25) is 10.0 Å². The topological polar surface area (TPSA) is 49.4 Å². The van der Waals surface area contributed by atoms with Crippen LogP contribution in [0.5, 0.6) is 0 Å². The summed E-state index contributed by atoms with van der Waals surface area (Å²) in [5, 5.41) is 5.19. The third-order valence-electron chi connectivity index (χ3n) is 2.91. The van der Waals surface area contributed by atoms with Crippen molar-refractivity contribution >= 4 is 21.4 Å². The van der Waals surface area contributed by atoms with E-state index in [0.29, 0.717) is 13.1 Å². The Kier molecular flexibility index (Phi) is 7.60. The Morgan fingerprint density at radius 3 is 2.68 bits per heavy atom. The van der Waals surface area contributed by atoms with E-state index in [-0.39, 0.29) is 5.75 Å². The first-order valence-electron chi connectivity index (χ1n) is 6.81. The van der Waals surface area contributed by atoms with Gasteiger partial charge in [-0.3, -0.25) is 0 Å². The summed E-state index contributed by atoms with van der Waals surface area (Å²) in [6, 6.07) is 3.94. The summed E-state index contributed by atoms with van der Waals surface area (Å²) in [5.74, 6) is 0.248. The fraction of sp³-hybridized carbons (Fsp3) is 0.692. The third-order valence-corrected chi connectivity index (χ3v) is 5.75. The summed E-state index contributed by atoms with van der Waals surface area (Å²) < 4.78 is 26.0. The molecule has 1 heterocycles. The van der Waals surface area contributed by atoms with Crippen molar-refractivity contribution in [3.8, 4) is 0 Å². The van der Waals surface area contributed by atoms with Gasteiger partial charge in [-0.15, -0.1) is 11.3 Å². The Morgan fingerprint density at radius 1 is 1.32 bits per heavy atom. The maximum atomic E-state index is 12.2. The van der Waals surface area contributed by atoms with Gasteiger partial charge in [0.25, 0.3) is 0 Å². The van der Waals surface area contributed by atoms with Crippen LogP contribution in [-0.4, -0.2) is 38.1 Å². The Morgan fingerprint density at radius 2 is 2.11 bits per heavy atom. The molecule has 0 atom stereocenters. The minimum absolute atomic E-state index is 0.248. The van der Waals surface area contributed by atoms with Gasteiger partial charge >= 0.3 is 0 Å². The maximum absolute atomic E-state index is 12.2. The molecule has 0 unspecified atom stereocenters. The average Bonchev–Trinajstić information content (AvgIpc) is 2.88. The predicted molar refractivity (Wildman–Crippen MR) is 82.0 cm³/mol. The van der Waals surface area contributed by atoms with E-state index in [1.54, 1.807) is 15.6 Å². The van der Waals surface area contributed by atoms with Crippen LogP contribution in [0, 0.1) is 0 Å². The van der Waals surface area contributed by atoms with Crippen LogP contribution < -0.4 is 5.32 Å². The Hall–Kier alpha value is -0.430. The first-order valence-corrected chi connectivity index (χ1v) is 9.30. The minimum Gasteiger partial charge on any atom is -0.317 e. The zero-order valence-electron chi connectivity index (χ0n) is 11.8. The van der Waals surface area contributed by atoms with Crippen LogP contribution in [0.25, 0.3) is 0 Å². The highest BCUT2D eigenvalue weighted by Crippen LogP contribution is 2.15. The van der Waals surface area contributed by atoms with Crippen molar-refractivity contribution in [2.75, 3.05) is 25.4 Å². The summed E-state index contributed by atoms with van der Waals surface area (Å²) >= 11 is 1.60. The van der Waals surface area contributed by atoms with E-state index in [4.69, 9.17) is 0 Å². The summed E-state index contributed by atoms with van der Waals surface area (Å²) in [5.41, 5.74) is 0. The van der Waals surface area contributed by atoms with E-state index < -0.39 is 10.0 Å². The van der Waals surface area contributed by atoms with Crippen molar-refractivity contribution in [3.63, 3.8) is 0 Å². The molecule has 0 saturated heterocycles. The molecule has 110 valence electrons. The van der Waals surface area contributed by atoms with Gasteiger partial charge in [-0.05, 0) is 37.4 Å². The Labute approximate surface area is 120 Å². The number of rotatable bonds is 10. The van der Waals surface area contributed by atoms with Crippen LogP contribution >= 0.6 is 11.3 Å². The second-order valence-electron chi connectivity index (χ2n) is 4.38. The third kappa shape index (κ3) is 6.03. The molecule has 19 heavy (non-hydrogen) atoms. The zero-order valence-corrected chi connectivity index (χ0v) is 13.4. The molecule has 0 amide bonds. The predicted octanol–water partition coefficient (Wildman–Crippen LogP) is 2.29. The highest BCUT2D eigenvalue weighted by Gasteiger charge is 2.20. The van der Waals surface area contributed by atoms with Gasteiger partial charge in [0.15, 0.2) is 0 Å². The minimum atomic E-state index is -3.12. The molecule has 0 radical (unpaired) electrons. The average molecular weight is 304 g/mol. The molecular formula is C13H24N2O2S2. The fourth-order valence-corrected chi connectivity index (χ4v) is 4.18. The van der Waals surface area contributed by atoms with E-state index in [2.05, 4.69) is 12.2 Å². The second-order valence-corrected chi connectivity index (χ2v) is 7.50. The number of hydrogen-bond donors (Lipinski definition) is 1. The van der Waals surface area contributed by atoms with Gasteiger partial charge in [-0.1, -0.05) is 19.9 Å². The van der Waals surface area contributed by atoms with Crippen molar-refractivity contribution in [1.82, 2.24) is 9.62 Å². The molecule has 6 heteroatoms. The van der Waals surface area contributed by atoms with Gasteiger partial charge in [0, 0.05) is 18.0 Å². The first-order chi connectivity index (χ1) is 9.10. The summed E-state index contributed by atoms with van der Waals surface area (Å²) in [6.07, 6.45) is 1.62. The molecule has 0 aliphatic carbocycles. The molecule has 0 fully saturated rings. The molecule has 0 spiro atoms. The zero-order chi connectivity index (χ0) is 14.1. The number of nitrogens with one attached hydrogen (secondary N) is 1. The molecule has 0 aromatic carbocycles. The number of sulfonamides is 1.